The molecule has 0 radical (unpaired) electrons. The molecule has 0 aromatic heterocycles. The van der Waals surface area contributed by atoms with Gasteiger partial charge >= 0.3 is 0 Å². The molecule has 1 unspecified atom stereocenters. The average molecular weight is 194 g/mol. The topological polar surface area (TPSA) is 26.3 Å². The standard InChI is InChI=1S/C11H11FO2/c1-3-9-11(13)7-4-6(2)8(12)5-10(7)14-9/h4-5,9H,3H2,1-2H3. The van der Waals surface area contributed by atoms with E-state index in [9.17, 15) is 9.18 Å². The van der Waals surface area contributed by atoms with E-state index in [0.29, 0.717) is 23.3 Å². The molecule has 0 spiro atoms. The fourth-order valence-corrected chi connectivity index (χ4v) is 1.60. The van der Waals surface area contributed by atoms with Crippen LogP contribution in [0.5, 0.6) is 5.75 Å². The number of hydrogen-bond donors (Lipinski definition) is 0. The summed E-state index contributed by atoms with van der Waals surface area (Å²) >= 11 is 0. The molecule has 0 saturated heterocycles. The van der Waals surface area contributed by atoms with Gasteiger partial charge in [-0.1, -0.05) is 6.92 Å². The summed E-state index contributed by atoms with van der Waals surface area (Å²) in [4.78, 5) is 11.6. The van der Waals surface area contributed by atoms with E-state index < -0.39 is 6.10 Å². The van der Waals surface area contributed by atoms with E-state index in [0.717, 1.165) is 0 Å². The summed E-state index contributed by atoms with van der Waals surface area (Å²) in [5.41, 5.74) is 0.994. The summed E-state index contributed by atoms with van der Waals surface area (Å²) in [5.74, 6) is 0.0175. The summed E-state index contributed by atoms with van der Waals surface area (Å²) in [6, 6.07) is 2.85. The van der Waals surface area contributed by atoms with E-state index in [4.69, 9.17) is 4.74 Å². The summed E-state index contributed by atoms with van der Waals surface area (Å²) in [5, 5.41) is 0. The maximum Gasteiger partial charge on any atom is 0.207 e. The van der Waals surface area contributed by atoms with Crippen molar-refractivity contribution in [3.05, 3.63) is 29.1 Å². The van der Waals surface area contributed by atoms with Crippen LogP contribution < -0.4 is 4.74 Å². The SMILES string of the molecule is CCC1Oc2cc(F)c(C)cc2C1=O. The number of hydrogen-bond acceptors (Lipinski definition) is 2. The second-order valence-corrected chi connectivity index (χ2v) is 3.48. The molecule has 3 heteroatoms. The summed E-state index contributed by atoms with van der Waals surface area (Å²) in [6.07, 6.45) is 0.194. The summed E-state index contributed by atoms with van der Waals surface area (Å²) in [7, 11) is 0. The molecule has 14 heavy (non-hydrogen) atoms. The second-order valence-electron chi connectivity index (χ2n) is 3.48. The van der Waals surface area contributed by atoms with E-state index in [1.807, 2.05) is 6.92 Å². The number of carbonyl (C=O) groups is 1. The Morgan fingerprint density at radius 3 is 2.86 bits per heavy atom. The predicted molar refractivity (Wildman–Crippen MR) is 50.2 cm³/mol. The Morgan fingerprint density at radius 1 is 1.50 bits per heavy atom. The number of aryl methyl sites for hydroxylation is 1. The van der Waals surface area contributed by atoms with Gasteiger partial charge in [0.1, 0.15) is 11.6 Å². The van der Waals surface area contributed by atoms with E-state index in [1.54, 1.807) is 13.0 Å². The van der Waals surface area contributed by atoms with Gasteiger partial charge < -0.3 is 4.74 Å². The number of Topliss-reactive ketones (excluding diaryl/α,β-unsaturated/α-hetero) is 1. The van der Waals surface area contributed by atoms with Crippen molar-refractivity contribution in [3.63, 3.8) is 0 Å². The van der Waals surface area contributed by atoms with Crippen LogP contribution in [0, 0.1) is 12.7 Å². The highest BCUT2D eigenvalue weighted by Crippen LogP contribution is 2.31. The molecule has 1 aromatic carbocycles. The number of benzene rings is 1. The Balaban J connectivity index is 2.49. The normalized spacial score (nSPS) is 19.4. The molecule has 1 aliphatic heterocycles. The van der Waals surface area contributed by atoms with Crippen LogP contribution in [-0.2, 0) is 0 Å². The van der Waals surface area contributed by atoms with Crippen LogP contribution in [0.2, 0.25) is 0 Å². The highest BCUT2D eigenvalue weighted by atomic mass is 19.1. The van der Waals surface area contributed by atoms with Gasteiger partial charge in [0.2, 0.25) is 5.78 Å². The van der Waals surface area contributed by atoms with Crippen molar-refractivity contribution in [2.75, 3.05) is 0 Å². The lowest BCUT2D eigenvalue weighted by Crippen LogP contribution is -2.18. The van der Waals surface area contributed by atoms with Gasteiger partial charge in [0.05, 0.1) is 5.56 Å². The number of ether oxygens (including phenoxy) is 1. The third-order valence-corrected chi connectivity index (χ3v) is 2.46. The zero-order chi connectivity index (χ0) is 10.3. The lowest BCUT2D eigenvalue weighted by atomic mass is 10.0. The highest BCUT2D eigenvalue weighted by molar-refractivity contribution is 6.04. The van der Waals surface area contributed by atoms with Gasteiger partial charge in [-0.2, -0.15) is 0 Å². The first-order chi connectivity index (χ1) is 6.63. The van der Waals surface area contributed by atoms with E-state index >= 15 is 0 Å². The lowest BCUT2D eigenvalue weighted by molar-refractivity contribution is 0.0853. The molecule has 1 heterocycles. The molecule has 1 aromatic rings. The molecule has 1 atom stereocenters. The van der Waals surface area contributed by atoms with Crippen molar-refractivity contribution in [1.82, 2.24) is 0 Å². The van der Waals surface area contributed by atoms with Crippen molar-refractivity contribution in [1.29, 1.82) is 0 Å². The molecule has 0 N–H and O–H groups in total. The zero-order valence-electron chi connectivity index (χ0n) is 8.13. The van der Waals surface area contributed by atoms with Crippen LogP contribution >= 0.6 is 0 Å². The van der Waals surface area contributed by atoms with Gasteiger partial charge in [-0.3, -0.25) is 4.79 Å². The van der Waals surface area contributed by atoms with E-state index in [1.165, 1.54) is 6.07 Å². The number of rotatable bonds is 1. The van der Waals surface area contributed by atoms with Gasteiger partial charge in [-0.25, -0.2) is 4.39 Å². The first-order valence-electron chi connectivity index (χ1n) is 4.64. The van der Waals surface area contributed by atoms with Crippen LogP contribution in [0.25, 0.3) is 0 Å². The number of halogens is 1. The molecule has 0 aliphatic carbocycles. The Bertz CT molecular complexity index is 399. The van der Waals surface area contributed by atoms with Gasteiger partial charge in [0, 0.05) is 6.07 Å². The highest BCUT2D eigenvalue weighted by Gasteiger charge is 2.31. The second kappa shape index (κ2) is 3.08. The number of carbonyl (C=O) groups excluding carboxylic acids is 1. The van der Waals surface area contributed by atoms with Gasteiger partial charge in [-0.15, -0.1) is 0 Å². The van der Waals surface area contributed by atoms with Gasteiger partial charge in [-0.05, 0) is 25.0 Å². The molecule has 1 aliphatic rings. The van der Waals surface area contributed by atoms with E-state index in [-0.39, 0.29) is 11.6 Å². The molecular formula is C11H11FO2. The van der Waals surface area contributed by atoms with Crippen LogP contribution in [-0.4, -0.2) is 11.9 Å². The Morgan fingerprint density at radius 2 is 2.21 bits per heavy atom. The molecule has 0 amide bonds. The number of fused-ring (bicyclic) bond motifs is 1. The molecular weight excluding hydrogens is 183 g/mol. The third-order valence-electron chi connectivity index (χ3n) is 2.46. The van der Waals surface area contributed by atoms with Crippen molar-refractivity contribution in [3.8, 4) is 5.75 Å². The molecule has 2 nitrogen and oxygen atoms in total. The fraction of sp³-hybridized carbons (Fsp3) is 0.364. The van der Waals surface area contributed by atoms with Crippen LogP contribution in [0.15, 0.2) is 12.1 Å². The minimum Gasteiger partial charge on any atom is -0.481 e. The fourth-order valence-electron chi connectivity index (χ4n) is 1.60. The van der Waals surface area contributed by atoms with Crippen molar-refractivity contribution in [2.24, 2.45) is 0 Å². The largest absolute Gasteiger partial charge is 0.481 e. The van der Waals surface area contributed by atoms with Crippen LogP contribution in [0.4, 0.5) is 4.39 Å². The molecule has 74 valence electrons. The molecule has 0 bridgehead atoms. The Labute approximate surface area is 81.7 Å². The minimum atomic E-state index is -0.425. The van der Waals surface area contributed by atoms with Crippen LogP contribution in [0.3, 0.4) is 0 Å². The molecule has 0 fully saturated rings. The monoisotopic (exact) mass is 194 g/mol. The van der Waals surface area contributed by atoms with E-state index in [2.05, 4.69) is 0 Å². The van der Waals surface area contributed by atoms with Crippen molar-refractivity contribution >= 4 is 5.78 Å². The van der Waals surface area contributed by atoms with Crippen molar-refractivity contribution in [2.45, 2.75) is 26.4 Å². The summed E-state index contributed by atoms with van der Waals surface area (Å²) in [6.45, 7) is 3.51. The average Bonchev–Trinajstić information content (AvgIpc) is 2.45. The Kier molecular flexibility index (Phi) is 2.02. The quantitative estimate of drug-likeness (QED) is 0.686. The smallest absolute Gasteiger partial charge is 0.207 e. The number of ketones is 1. The minimum absolute atomic E-state index is 0.0365. The van der Waals surface area contributed by atoms with Gasteiger partial charge in [0.15, 0.2) is 6.10 Å². The third kappa shape index (κ3) is 1.20. The maximum atomic E-state index is 13.1. The first kappa shape index (κ1) is 9.19. The van der Waals surface area contributed by atoms with Crippen LogP contribution in [0.1, 0.15) is 29.3 Å². The van der Waals surface area contributed by atoms with Crippen molar-refractivity contribution < 1.29 is 13.9 Å². The summed E-state index contributed by atoms with van der Waals surface area (Å²) < 4.78 is 18.5. The first-order valence-corrected chi connectivity index (χ1v) is 4.64. The molecule has 0 saturated carbocycles. The maximum absolute atomic E-state index is 13.1. The lowest BCUT2D eigenvalue weighted by Gasteiger charge is -2.04. The predicted octanol–water partition coefficient (Wildman–Crippen LogP) is 2.49. The Hall–Kier alpha value is -1.38. The molecule has 2 rings (SSSR count). The van der Waals surface area contributed by atoms with Gasteiger partial charge in [0.25, 0.3) is 0 Å². The zero-order valence-corrected chi connectivity index (χ0v) is 8.13.